The molecule has 0 aliphatic heterocycles. The van der Waals surface area contributed by atoms with Gasteiger partial charge in [-0.3, -0.25) is 10.1 Å². The maximum atomic E-state index is 10.9. The minimum Gasteiger partial charge on any atom is -0.385 e. The zero-order chi connectivity index (χ0) is 13.8. The molecule has 2 aromatic rings. The quantitative estimate of drug-likeness (QED) is 0.652. The van der Waals surface area contributed by atoms with Crippen LogP contribution in [0, 0.1) is 10.1 Å². The number of rotatable bonds is 4. The van der Waals surface area contributed by atoms with Crippen molar-refractivity contribution in [3.8, 4) is 0 Å². The van der Waals surface area contributed by atoms with Crippen LogP contribution in [0.2, 0.25) is 0 Å². The van der Waals surface area contributed by atoms with Crippen molar-refractivity contribution < 1.29 is 15.1 Å². The van der Waals surface area contributed by atoms with Crippen LogP contribution in [0.25, 0.3) is 0 Å². The van der Waals surface area contributed by atoms with Gasteiger partial charge in [-0.25, -0.2) is 0 Å². The van der Waals surface area contributed by atoms with E-state index < -0.39 is 17.1 Å². The molecule has 5 heteroatoms. The predicted octanol–water partition coefficient (Wildman–Crippen LogP) is 2.36. The summed E-state index contributed by atoms with van der Waals surface area (Å²) in [5.74, 6) is 0. The van der Waals surface area contributed by atoms with E-state index in [0.29, 0.717) is 5.56 Å². The third-order valence-corrected chi connectivity index (χ3v) is 2.89. The van der Waals surface area contributed by atoms with Gasteiger partial charge in [-0.2, -0.15) is 0 Å². The number of benzene rings is 2. The Bertz CT molecular complexity index is 571. The summed E-state index contributed by atoms with van der Waals surface area (Å²) in [4.78, 5) is 10.3. The predicted molar refractivity (Wildman–Crippen MR) is 69.5 cm³/mol. The molecule has 0 unspecified atom stereocenters. The highest BCUT2D eigenvalue weighted by molar-refractivity contribution is 5.42. The minimum absolute atomic E-state index is 0.101. The summed E-state index contributed by atoms with van der Waals surface area (Å²) in [6.45, 7) is 0. The number of hydrogen-bond acceptors (Lipinski definition) is 4. The summed E-state index contributed by atoms with van der Waals surface area (Å²) in [7, 11) is 0. The van der Waals surface area contributed by atoms with Gasteiger partial charge in [0.25, 0.3) is 5.69 Å². The smallest absolute Gasteiger partial charge is 0.275 e. The van der Waals surface area contributed by atoms with Gasteiger partial charge in [-0.15, -0.1) is 0 Å². The monoisotopic (exact) mass is 259 g/mol. The Morgan fingerprint density at radius 2 is 1.47 bits per heavy atom. The highest BCUT2D eigenvalue weighted by Crippen LogP contribution is 2.33. The lowest BCUT2D eigenvalue weighted by Gasteiger charge is -2.18. The lowest BCUT2D eigenvalue weighted by Crippen LogP contribution is -2.12. The molecule has 0 amide bonds. The molecule has 19 heavy (non-hydrogen) atoms. The van der Waals surface area contributed by atoms with Crippen molar-refractivity contribution in [2.45, 2.75) is 12.2 Å². The van der Waals surface area contributed by atoms with E-state index in [2.05, 4.69) is 0 Å². The average molecular weight is 259 g/mol. The summed E-state index contributed by atoms with van der Waals surface area (Å²) in [5, 5.41) is 31.1. The first-order valence-electron chi connectivity index (χ1n) is 5.75. The molecule has 0 saturated carbocycles. The van der Waals surface area contributed by atoms with Gasteiger partial charge < -0.3 is 10.2 Å². The van der Waals surface area contributed by atoms with Crippen molar-refractivity contribution in [2.75, 3.05) is 0 Å². The van der Waals surface area contributed by atoms with Crippen molar-refractivity contribution in [2.24, 2.45) is 0 Å². The molecular weight excluding hydrogens is 246 g/mol. The van der Waals surface area contributed by atoms with Crippen LogP contribution in [0.3, 0.4) is 0 Å². The fourth-order valence-electron chi connectivity index (χ4n) is 1.91. The maximum absolute atomic E-state index is 10.9. The summed E-state index contributed by atoms with van der Waals surface area (Å²) in [6, 6.07) is 14.4. The van der Waals surface area contributed by atoms with Gasteiger partial charge in [0.05, 0.1) is 10.5 Å². The molecule has 0 aliphatic carbocycles. The van der Waals surface area contributed by atoms with Crippen LogP contribution < -0.4 is 0 Å². The normalized spacial score (nSPS) is 13.8. The highest BCUT2D eigenvalue weighted by Gasteiger charge is 2.26. The minimum atomic E-state index is -1.34. The molecule has 2 N–H and O–H groups in total. The third kappa shape index (κ3) is 2.78. The second-order valence-corrected chi connectivity index (χ2v) is 4.12. The van der Waals surface area contributed by atoms with Crippen LogP contribution in [0.15, 0.2) is 54.6 Å². The number of hydrogen-bond donors (Lipinski definition) is 2. The first kappa shape index (κ1) is 13.2. The number of aliphatic hydroxyl groups excluding tert-OH is 2. The first-order chi connectivity index (χ1) is 9.11. The van der Waals surface area contributed by atoms with E-state index in [1.54, 1.807) is 36.4 Å². The van der Waals surface area contributed by atoms with Crippen LogP contribution in [-0.2, 0) is 0 Å². The number of nitro benzene ring substituents is 1. The SMILES string of the molecule is O=[N+]([O-])c1ccccc1[C@H](O)[C@H](O)c1ccccc1. The van der Waals surface area contributed by atoms with Crippen molar-refractivity contribution >= 4 is 5.69 Å². The Kier molecular flexibility index (Phi) is 3.89. The first-order valence-corrected chi connectivity index (χ1v) is 5.75. The van der Waals surface area contributed by atoms with Gasteiger partial charge in [0.1, 0.15) is 12.2 Å². The van der Waals surface area contributed by atoms with E-state index in [-0.39, 0.29) is 11.3 Å². The van der Waals surface area contributed by atoms with E-state index in [9.17, 15) is 20.3 Å². The number of nitro groups is 1. The van der Waals surface area contributed by atoms with Gasteiger partial charge in [-0.1, -0.05) is 42.5 Å². The molecule has 2 rings (SSSR count). The van der Waals surface area contributed by atoms with Crippen molar-refractivity contribution in [1.29, 1.82) is 0 Å². The Hall–Kier alpha value is -2.24. The summed E-state index contributed by atoms with van der Waals surface area (Å²) >= 11 is 0. The molecule has 0 bridgehead atoms. The fraction of sp³-hybridized carbons (Fsp3) is 0.143. The van der Waals surface area contributed by atoms with Gasteiger partial charge in [0.2, 0.25) is 0 Å². The molecule has 0 radical (unpaired) electrons. The van der Waals surface area contributed by atoms with Crippen molar-refractivity contribution in [1.82, 2.24) is 0 Å². The Morgan fingerprint density at radius 3 is 2.11 bits per heavy atom. The van der Waals surface area contributed by atoms with Gasteiger partial charge in [0.15, 0.2) is 0 Å². The molecule has 0 aromatic heterocycles. The van der Waals surface area contributed by atoms with Crippen molar-refractivity contribution in [3.05, 3.63) is 75.8 Å². The Labute approximate surface area is 109 Å². The number of aliphatic hydroxyl groups is 2. The zero-order valence-corrected chi connectivity index (χ0v) is 10.0. The lowest BCUT2D eigenvalue weighted by atomic mass is 9.97. The van der Waals surface area contributed by atoms with Crippen LogP contribution in [0.5, 0.6) is 0 Å². The van der Waals surface area contributed by atoms with Gasteiger partial charge >= 0.3 is 0 Å². The maximum Gasteiger partial charge on any atom is 0.275 e. The number of nitrogens with zero attached hydrogens (tertiary/aromatic N) is 1. The van der Waals surface area contributed by atoms with Gasteiger partial charge in [0, 0.05) is 6.07 Å². The third-order valence-electron chi connectivity index (χ3n) is 2.89. The molecular formula is C14H13NO4. The summed E-state index contributed by atoms with van der Waals surface area (Å²) in [6.07, 6.45) is -2.55. The van der Waals surface area contributed by atoms with E-state index >= 15 is 0 Å². The molecule has 98 valence electrons. The van der Waals surface area contributed by atoms with Gasteiger partial charge in [-0.05, 0) is 11.6 Å². The summed E-state index contributed by atoms with van der Waals surface area (Å²) < 4.78 is 0. The standard InChI is InChI=1S/C14H13NO4/c16-13(10-6-2-1-3-7-10)14(17)11-8-4-5-9-12(11)15(18)19/h1-9,13-14,16-17H/t13-,14+/m1/s1. The molecule has 2 aromatic carbocycles. The van der Waals surface area contributed by atoms with Crippen LogP contribution in [-0.4, -0.2) is 15.1 Å². The topological polar surface area (TPSA) is 83.6 Å². The van der Waals surface area contributed by atoms with Crippen LogP contribution >= 0.6 is 0 Å². The fourth-order valence-corrected chi connectivity index (χ4v) is 1.91. The van der Waals surface area contributed by atoms with E-state index in [4.69, 9.17) is 0 Å². The molecule has 0 fully saturated rings. The molecule has 0 aliphatic rings. The molecule has 0 heterocycles. The zero-order valence-electron chi connectivity index (χ0n) is 10.0. The molecule has 0 saturated heterocycles. The second-order valence-electron chi connectivity index (χ2n) is 4.12. The highest BCUT2D eigenvalue weighted by atomic mass is 16.6. The van der Waals surface area contributed by atoms with Crippen LogP contribution in [0.4, 0.5) is 5.69 Å². The van der Waals surface area contributed by atoms with E-state index in [0.717, 1.165) is 0 Å². The second kappa shape index (κ2) is 5.60. The summed E-state index contributed by atoms with van der Waals surface area (Å²) in [5.41, 5.74) is 0.405. The molecule has 5 nitrogen and oxygen atoms in total. The van der Waals surface area contributed by atoms with E-state index in [1.807, 2.05) is 0 Å². The molecule has 0 spiro atoms. The number of para-hydroxylation sites is 1. The molecule has 2 atom stereocenters. The Balaban J connectivity index is 2.34. The Morgan fingerprint density at radius 1 is 0.895 bits per heavy atom. The van der Waals surface area contributed by atoms with Crippen molar-refractivity contribution in [3.63, 3.8) is 0 Å². The average Bonchev–Trinajstić information content (AvgIpc) is 2.46. The lowest BCUT2D eigenvalue weighted by molar-refractivity contribution is -0.386. The van der Waals surface area contributed by atoms with E-state index in [1.165, 1.54) is 18.2 Å². The largest absolute Gasteiger partial charge is 0.385 e. The van der Waals surface area contributed by atoms with Crippen LogP contribution in [0.1, 0.15) is 23.3 Å².